The van der Waals surface area contributed by atoms with Crippen molar-refractivity contribution >= 4 is 29.9 Å². The molecule has 6 heteroatoms. The summed E-state index contributed by atoms with van der Waals surface area (Å²) in [4.78, 5) is 6.83. The third-order valence-electron chi connectivity index (χ3n) is 4.31. The van der Waals surface area contributed by atoms with Gasteiger partial charge < -0.3 is 15.7 Å². The zero-order valence-electron chi connectivity index (χ0n) is 15.5. The number of nitrogens with one attached hydrogen (secondary N) is 2. The lowest BCUT2D eigenvalue weighted by atomic mass is 10.00. The van der Waals surface area contributed by atoms with Gasteiger partial charge in [-0.1, -0.05) is 37.6 Å². The predicted molar refractivity (Wildman–Crippen MR) is 116 cm³/mol. The number of aliphatic hydroxyl groups excluding tert-OH is 1. The lowest BCUT2D eigenvalue weighted by Crippen LogP contribution is -2.40. The van der Waals surface area contributed by atoms with Crippen LogP contribution >= 0.6 is 24.0 Å². The third-order valence-corrected chi connectivity index (χ3v) is 4.31. The van der Waals surface area contributed by atoms with E-state index in [4.69, 9.17) is 0 Å². The van der Waals surface area contributed by atoms with Crippen LogP contribution in [0.2, 0.25) is 0 Å². The van der Waals surface area contributed by atoms with E-state index in [1.54, 1.807) is 0 Å². The highest BCUT2D eigenvalue weighted by molar-refractivity contribution is 14.0. The Labute approximate surface area is 169 Å². The second-order valence-electron chi connectivity index (χ2n) is 6.41. The van der Waals surface area contributed by atoms with Crippen LogP contribution in [0, 0.1) is 0 Å². The van der Waals surface area contributed by atoms with Gasteiger partial charge in [-0.15, -0.1) is 24.0 Å². The van der Waals surface area contributed by atoms with Crippen molar-refractivity contribution in [2.75, 3.05) is 32.7 Å². The number of hydrogen-bond acceptors (Lipinski definition) is 3. The fourth-order valence-corrected chi connectivity index (χ4v) is 2.99. The molecule has 0 spiro atoms. The second-order valence-corrected chi connectivity index (χ2v) is 6.41. The minimum atomic E-state index is -0.433. The van der Waals surface area contributed by atoms with Crippen LogP contribution in [0.15, 0.2) is 29.3 Å². The zero-order valence-corrected chi connectivity index (χ0v) is 17.8. The third kappa shape index (κ3) is 7.92. The molecule has 1 aromatic carbocycles. The van der Waals surface area contributed by atoms with Crippen LogP contribution in [-0.4, -0.2) is 54.8 Å². The first kappa shape index (κ1) is 22.2. The van der Waals surface area contributed by atoms with Gasteiger partial charge in [-0.2, -0.15) is 0 Å². The highest BCUT2D eigenvalue weighted by Gasteiger charge is 2.18. The molecular weight excluding hydrogens is 427 g/mol. The van der Waals surface area contributed by atoms with Crippen molar-refractivity contribution in [1.29, 1.82) is 0 Å². The molecular formula is C19H33IN4O. The molecule has 142 valence electrons. The normalized spacial score (nSPS) is 15.9. The van der Waals surface area contributed by atoms with Crippen LogP contribution in [-0.2, 0) is 13.0 Å². The largest absolute Gasteiger partial charge is 0.390 e. The Bertz CT molecular complexity index is 524. The minimum absolute atomic E-state index is 0. The molecule has 1 atom stereocenters. The highest BCUT2D eigenvalue weighted by Crippen LogP contribution is 2.18. The molecule has 1 unspecified atom stereocenters. The second kappa shape index (κ2) is 12.5. The highest BCUT2D eigenvalue weighted by atomic mass is 127. The summed E-state index contributed by atoms with van der Waals surface area (Å²) in [5.41, 5.74) is 2.82. The summed E-state index contributed by atoms with van der Waals surface area (Å²) in [6.07, 6.45) is 2.91. The molecule has 0 radical (unpaired) electrons. The quantitative estimate of drug-likeness (QED) is 0.241. The monoisotopic (exact) mass is 460 g/mol. The van der Waals surface area contributed by atoms with Gasteiger partial charge in [0.25, 0.3) is 0 Å². The molecule has 2 rings (SSSR count). The van der Waals surface area contributed by atoms with Crippen molar-refractivity contribution in [2.24, 2.45) is 4.99 Å². The maximum absolute atomic E-state index is 10.3. The van der Waals surface area contributed by atoms with Gasteiger partial charge in [-0.3, -0.25) is 9.89 Å². The Morgan fingerprint density at radius 3 is 2.72 bits per heavy atom. The first-order valence-corrected chi connectivity index (χ1v) is 9.22. The fraction of sp³-hybridized carbons (Fsp3) is 0.632. The number of aliphatic imine (C=N–C) groups is 1. The van der Waals surface area contributed by atoms with Gasteiger partial charge in [0.1, 0.15) is 0 Å². The molecule has 3 N–H and O–H groups in total. The lowest BCUT2D eigenvalue weighted by Gasteiger charge is -2.30. The number of guanidine groups is 1. The molecule has 5 nitrogen and oxygen atoms in total. The molecule has 0 fully saturated rings. The Kier molecular flexibility index (Phi) is 11.1. The van der Waals surface area contributed by atoms with Crippen LogP contribution in [0.25, 0.3) is 0 Å². The summed E-state index contributed by atoms with van der Waals surface area (Å²) in [7, 11) is 0. The van der Waals surface area contributed by atoms with Crippen molar-refractivity contribution in [3.05, 3.63) is 35.4 Å². The van der Waals surface area contributed by atoms with Gasteiger partial charge >= 0.3 is 0 Å². The van der Waals surface area contributed by atoms with E-state index in [0.29, 0.717) is 13.1 Å². The topological polar surface area (TPSA) is 59.9 Å². The number of hydrogen-bond donors (Lipinski definition) is 3. The molecule has 0 aliphatic carbocycles. The van der Waals surface area contributed by atoms with Crippen LogP contribution < -0.4 is 10.6 Å². The van der Waals surface area contributed by atoms with Gasteiger partial charge in [-0.25, -0.2) is 0 Å². The van der Waals surface area contributed by atoms with Crippen molar-refractivity contribution < 1.29 is 5.11 Å². The van der Waals surface area contributed by atoms with Gasteiger partial charge in [0.15, 0.2) is 5.96 Å². The van der Waals surface area contributed by atoms with Crippen molar-refractivity contribution in [3.63, 3.8) is 0 Å². The molecule has 0 saturated carbocycles. The maximum atomic E-state index is 10.3. The molecule has 0 saturated heterocycles. The van der Waals surface area contributed by atoms with Crippen LogP contribution in [0.1, 0.15) is 37.8 Å². The first-order chi connectivity index (χ1) is 11.7. The summed E-state index contributed by atoms with van der Waals surface area (Å²) in [5, 5.41) is 16.9. The van der Waals surface area contributed by atoms with E-state index in [1.807, 2.05) is 0 Å². The Morgan fingerprint density at radius 2 is 2.00 bits per heavy atom. The summed E-state index contributed by atoms with van der Waals surface area (Å²) >= 11 is 0. The van der Waals surface area contributed by atoms with E-state index in [9.17, 15) is 5.11 Å². The van der Waals surface area contributed by atoms with Crippen LogP contribution in [0.4, 0.5) is 0 Å². The summed E-state index contributed by atoms with van der Waals surface area (Å²) < 4.78 is 0. The molecule has 1 aliphatic rings. The standard InChI is InChI=1S/C19H32N4O.HI/c1-3-5-11-21-19(20-4-2)22-13-18(24)15-23-12-10-16-8-6-7-9-17(16)14-23;/h6-9,18,24H,3-5,10-15H2,1-2H3,(H2,20,21,22);1H. The number of halogens is 1. The van der Waals surface area contributed by atoms with E-state index in [2.05, 4.69) is 58.6 Å². The summed E-state index contributed by atoms with van der Waals surface area (Å²) in [5.74, 6) is 0.800. The van der Waals surface area contributed by atoms with E-state index in [0.717, 1.165) is 51.4 Å². The Morgan fingerprint density at radius 1 is 1.24 bits per heavy atom. The van der Waals surface area contributed by atoms with E-state index >= 15 is 0 Å². The van der Waals surface area contributed by atoms with E-state index < -0.39 is 6.10 Å². The average Bonchev–Trinajstić information content (AvgIpc) is 2.60. The summed E-state index contributed by atoms with van der Waals surface area (Å²) in [6, 6.07) is 8.59. The number of fused-ring (bicyclic) bond motifs is 1. The fourth-order valence-electron chi connectivity index (χ4n) is 2.99. The van der Waals surface area contributed by atoms with Gasteiger partial charge in [0.2, 0.25) is 0 Å². The van der Waals surface area contributed by atoms with E-state index in [-0.39, 0.29) is 24.0 Å². The average molecular weight is 460 g/mol. The first-order valence-electron chi connectivity index (χ1n) is 9.22. The number of benzene rings is 1. The number of unbranched alkanes of at least 4 members (excludes halogenated alkanes) is 1. The number of nitrogens with zero attached hydrogens (tertiary/aromatic N) is 2. The lowest BCUT2D eigenvalue weighted by molar-refractivity contribution is 0.111. The van der Waals surface area contributed by atoms with Gasteiger partial charge in [0.05, 0.1) is 12.6 Å². The molecule has 0 aromatic heterocycles. The number of β-amino-alcohol motifs (C(OH)–C–C–N with tert-alkyl or cyclic N) is 1. The Hall–Kier alpha value is -0.860. The zero-order chi connectivity index (χ0) is 17.2. The molecule has 0 amide bonds. The molecule has 0 bridgehead atoms. The number of aliphatic hydroxyl groups is 1. The number of rotatable bonds is 8. The predicted octanol–water partition coefficient (Wildman–Crippen LogP) is 2.38. The maximum Gasteiger partial charge on any atom is 0.191 e. The van der Waals surface area contributed by atoms with Crippen LogP contribution in [0.5, 0.6) is 0 Å². The molecule has 1 aliphatic heterocycles. The van der Waals surface area contributed by atoms with Gasteiger partial charge in [-0.05, 0) is 30.9 Å². The van der Waals surface area contributed by atoms with Crippen molar-refractivity contribution in [3.8, 4) is 0 Å². The van der Waals surface area contributed by atoms with Crippen LogP contribution in [0.3, 0.4) is 0 Å². The molecule has 1 heterocycles. The van der Waals surface area contributed by atoms with E-state index in [1.165, 1.54) is 11.1 Å². The summed E-state index contributed by atoms with van der Waals surface area (Å²) in [6.45, 7) is 9.01. The molecule has 25 heavy (non-hydrogen) atoms. The van der Waals surface area contributed by atoms with Crippen molar-refractivity contribution in [2.45, 2.75) is 45.8 Å². The van der Waals surface area contributed by atoms with Gasteiger partial charge in [0, 0.05) is 32.7 Å². The minimum Gasteiger partial charge on any atom is -0.390 e. The van der Waals surface area contributed by atoms with Crippen molar-refractivity contribution in [1.82, 2.24) is 15.5 Å². The smallest absolute Gasteiger partial charge is 0.191 e. The Balaban J connectivity index is 0.00000312. The molecule has 1 aromatic rings. The SMILES string of the molecule is CCCCNC(=NCC(O)CN1CCc2ccccc2C1)NCC.I.